The van der Waals surface area contributed by atoms with E-state index in [4.69, 9.17) is 5.26 Å². The highest BCUT2D eigenvalue weighted by Crippen LogP contribution is 2.31. The molecule has 0 atom stereocenters. The van der Waals surface area contributed by atoms with Crippen LogP contribution in [0.5, 0.6) is 0 Å². The van der Waals surface area contributed by atoms with Crippen LogP contribution in [0.2, 0.25) is 0 Å². The van der Waals surface area contributed by atoms with Crippen molar-refractivity contribution >= 4 is 43.0 Å². The maximum Gasteiger partial charge on any atom is 0.263 e. The van der Waals surface area contributed by atoms with Crippen molar-refractivity contribution in [3.05, 3.63) is 44.3 Å². The second-order valence-corrected chi connectivity index (χ2v) is 8.14. The first-order valence-electron chi connectivity index (χ1n) is 5.32. The zero-order valence-electron chi connectivity index (χ0n) is 10.1. The van der Waals surface area contributed by atoms with Gasteiger partial charge in [-0.2, -0.15) is 5.26 Å². The monoisotopic (exact) mass is 374 g/mol. The smallest absolute Gasteiger partial charge is 0.263 e. The van der Waals surface area contributed by atoms with E-state index in [0.717, 1.165) is 6.07 Å². The molecule has 0 aliphatic rings. The molecule has 0 aliphatic carbocycles. The molecule has 0 aliphatic heterocycles. The Hall–Kier alpha value is -1.43. The van der Waals surface area contributed by atoms with E-state index in [1.807, 2.05) is 0 Å². The number of hydrogen-bond donors (Lipinski definition) is 1. The fourth-order valence-corrected chi connectivity index (χ4v) is 5.11. The molecule has 0 radical (unpaired) electrons. The van der Waals surface area contributed by atoms with Crippen LogP contribution in [0.3, 0.4) is 0 Å². The van der Waals surface area contributed by atoms with Crippen molar-refractivity contribution in [1.82, 2.24) is 0 Å². The van der Waals surface area contributed by atoms with Gasteiger partial charge in [0.15, 0.2) is 0 Å². The molecule has 4 nitrogen and oxygen atoms in total. The summed E-state index contributed by atoms with van der Waals surface area (Å²) in [6.45, 7) is 1.67. The van der Waals surface area contributed by atoms with Crippen LogP contribution >= 0.6 is 27.3 Å². The Morgan fingerprint density at radius 2 is 2.15 bits per heavy atom. The van der Waals surface area contributed by atoms with E-state index in [1.54, 1.807) is 13.0 Å². The predicted octanol–water partition coefficient (Wildman–Crippen LogP) is 3.63. The molecular weight excluding hydrogens is 367 g/mol. The Kier molecular flexibility index (Phi) is 4.13. The molecule has 0 spiro atoms. The van der Waals surface area contributed by atoms with Crippen LogP contribution in [-0.2, 0) is 10.0 Å². The maximum atomic E-state index is 13.4. The number of halogens is 2. The number of sulfonamides is 1. The third-order valence-electron chi connectivity index (χ3n) is 2.50. The van der Waals surface area contributed by atoms with E-state index in [0.29, 0.717) is 8.66 Å². The summed E-state index contributed by atoms with van der Waals surface area (Å²) in [6, 6.07) is 6.90. The van der Waals surface area contributed by atoms with Crippen LogP contribution in [0.4, 0.5) is 10.1 Å². The van der Waals surface area contributed by atoms with Gasteiger partial charge < -0.3 is 0 Å². The van der Waals surface area contributed by atoms with Gasteiger partial charge in [-0.25, -0.2) is 12.8 Å². The Morgan fingerprint density at radius 1 is 1.45 bits per heavy atom. The quantitative estimate of drug-likeness (QED) is 0.891. The summed E-state index contributed by atoms with van der Waals surface area (Å²) in [5.74, 6) is -0.768. The largest absolute Gasteiger partial charge is 0.278 e. The minimum Gasteiger partial charge on any atom is -0.278 e. The molecule has 0 unspecified atom stereocenters. The number of thiophene rings is 1. The SMILES string of the molecule is Cc1sc(Br)cc1S(=O)(=O)Nc1cccc(F)c1C#N. The standard InChI is InChI=1S/C12H8BrFN2O2S2/c1-7-11(5-12(13)19-7)20(17,18)16-10-4-2-3-9(14)8(10)6-15/h2-5,16H,1H3. The molecule has 1 N–H and O–H groups in total. The summed E-state index contributed by atoms with van der Waals surface area (Å²) in [7, 11) is -3.86. The van der Waals surface area contributed by atoms with Gasteiger partial charge in [0.1, 0.15) is 22.3 Å². The number of nitriles is 1. The minimum absolute atomic E-state index is 0.0748. The summed E-state index contributed by atoms with van der Waals surface area (Å²) in [6.07, 6.45) is 0. The molecule has 1 heterocycles. The molecule has 8 heteroatoms. The van der Waals surface area contributed by atoms with Gasteiger partial charge >= 0.3 is 0 Å². The van der Waals surface area contributed by atoms with Gasteiger partial charge in [0.05, 0.1) is 9.47 Å². The van der Waals surface area contributed by atoms with Gasteiger partial charge in [0.25, 0.3) is 10.0 Å². The number of rotatable bonds is 3. The van der Waals surface area contributed by atoms with E-state index in [9.17, 15) is 12.8 Å². The minimum atomic E-state index is -3.86. The van der Waals surface area contributed by atoms with Crippen molar-refractivity contribution in [3.63, 3.8) is 0 Å². The van der Waals surface area contributed by atoms with Gasteiger partial charge in [-0.3, -0.25) is 4.72 Å². The number of nitrogens with one attached hydrogen (secondary N) is 1. The second kappa shape index (κ2) is 5.52. The van der Waals surface area contributed by atoms with E-state index in [-0.39, 0.29) is 16.1 Å². The van der Waals surface area contributed by atoms with Crippen LogP contribution < -0.4 is 4.72 Å². The number of aryl methyl sites for hydroxylation is 1. The first-order chi connectivity index (χ1) is 9.35. The Morgan fingerprint density at radius 3 is 2.70 bits per heavy atom. The average molecular weight is 375 g/mol. The zero-order valence-corrected chi connectivity index (χ0v) is 13.4. The molecule has 2 aromatic rings. The molecule has 0 amide bonds. The van der Waals surface area contributed by atoms with Gasteiger partial charge in [-0.15, -0.1) is 11.3 Å². The van der Waals surface area contributed by atoms with Crippen molar-refractivity contribution in [2.24, 2.45) is 0 Å². The summed E-state index contributed by atoms with van der Waals surface area (Å²) in [5.41, 5.74) is -0.405. The van der Waals surface area contributed by atoms with Crippen LogP contribution in [-0.4, -0.2) is 8.42 Å². The highest BCUT2D eigenvalue weighted by molar-refractivity contribution is 9.11. The van der Waals surface area contributed by atoms with Crippen LogP contribution in [0.25, 0.3) is 0 Å². The number of nitrogens with zero attached hydrogens (tertiary/aromatic N) is 1. The second-order valence-electron chi connectivity index (χ2n) is 3.85. The summed E-state index contributed by atoms with van der Waals surface area (Å²) < 4.78 is 40.9. The fourth-order valence-electron chi connectivity index (χ4n) is 1.62. The lowest BCUT2D eigenvalue weighted by Crippen LogP contribution is -2.14. The fraction of sp³-hybridized carbons (Fsp3) is 0.0833. The predicted molar refractivity (Wildman–Crippen MR) is 78.7 cm³/mol. The highest BCUT2D eigenvalue weighted by atomic mass is 79.9. The van der Waals surface area contributed by atoms with Crippen LogP contribution in [0, 0.1) is 24.1 Å². The summed E-state index contributed by atoms with van der Waals surface area (Å²) in [4.78, 5) is 0.696. The third kappa shape index (κ3) is 2.85. The molecule has 0 fully saturated rings. The number of anilines is 1. The molecule has 20 heavy (non-hydrogen) atoms. The summed E-state index contributed by atoms with van der Waals surface area (Å²) in [5, 5.41) is 8.90. The molecule has 0 saturated heterocycles. The Bertz CT molecular complexity index is 809. The van der Waals surface area contributed by atoms with Gasteiger partial charge in [0.2, 0.25) is 0 Å². The average Bonchev–Trinajstić information content (AvgIpc) is 2.69. The molecular formula is C12H8BrFN2O2S2. The third-order valence-corrected chi connectivity index (χ3v) is 5.68. The van der Waals surface area contributed by atoms with Crippen molar-refractivity contribution in [2.75, 3.05) is 4.72 Å². The molecule has 2 rings (SSSR count). The van der Waals surface area contributed by atoms with Gasteiger partial charge in [0, 0.05) is 4.88 Å². The first-order valence-corrected chi connectivity index (χ1v) is 8.42. The van der Waals surface area contributed by atoms with Crippen molar-refractivity contribution in [3.8, 4) is 6.07 Å². The summed E-state index contributed by atoms with van der Waals surface area (Å²) >= 11 is 4.49. The lowest BCUT2D eigenvalue weighted by molar-refractivity contribution is 0.601. The molecule has 0 saturated carbocycles. The molecule has 104 valence electrons. The number of hydrogen-bond acceptors (Lipinski definition) is 4. The lowest BCUT2D eigenvalue weighted by Gasteiger charge is -2.09. The van der Waals surface area contributed by atoms with Crippen molar-refractivity contribution in [1.29, 1.82) is 5.26 Å². The molecule has 1 aromatic heterocycles. The lowest BCUT2D eigenvalue weighted by atomic mass is 10.2. The van der Waals surface area contributed by atoms with E-state index >= 15 is 0 Å². The normalized spacial score (nSPS) is 11.1. The maximum absolute atomic E-state index is 13.4. The molecule has 0 bridgehead atoms. The topological polar surface area (TPSA) is 70.0 Å². The van der Waals surface area contributed by atoms with Crippen molar-refractivity contribution in [2.45, 2.75) is 11.8 Å². The van der Waals surface area contributed by atoms with Crippen molar-refractivity contribution < 1.29 is 12.8 Å². The van der Waals surface area contributed by atoms with E-state index in [2.05, 4.69) is 20.7 Å². The Balaban J connectivity index is 2.47. The zero-order chi connectivity index (χ0) is 14.9. The molecule has 1 aromatic carbocycles. The van der Waals surface area contributed by atoms with E-state index < -0.39 is 15.8 Å². The number of benzene rings is 1. The van der Waals surface area contributed by atoms with E-state index in [1.165, 1.54) is 29.5 Å². The van der Waals surface area contributed by atoms with Crippen LogP contribution in [0.1, 0.15) is 10.4 Å². The Labute approximate surface area is 128 Å². The van der Waals surface area contributed by atoms with Gasteiger partial charge in [-0.1, -0.05) is 6.07 Å². The van der Waals surface area contributed by atoms with Gasteiger partial charge in [-0.05, 0) is 41.1 Å². The first kappa shape index (κ1) is 15.0. The van der Waals surface area contributed by atoms with Crippen LogP contribution in [0.15, 0.2) is 32.9 Å². The highest BCUT2D eigenvalue weighted by Gasteiger charge is 2.21.